The van der Waals surface area contributed by atoms with Crippen molar-refractivity contribution in [2.75, 3.05) is 27.3 Å². The Hall–Kier alpha value is -3.02. The Kier molecular flexibility index (Phi) is 6.42. The zero-order valence-electron chi connectivity index (χ0n) is 17.2. The first-order chi connectivity index (χ1) is 14.0. The largest absolute Gasteiger partial charge is 0.497 e. The molecule has 0 aromatic heterocycles. The maximum Gasteiger partial charge on any atom is 0.257 e. The molecule has 0 saturated carbocycles. The Balaban J connectivity index is 1.65. The zero-order valence-corrected chi connectivity index (χ0v) is 17.2. The van der Waals surface area contributed by atoms with Gasteiger partial charge in [-0.15, -0.1) is 0 Å². The molecule has 1 unspecified atom stereocenters. The van der Waals surface area contributed by atoms with E-state index in [1.54, 1.807) is 31.3 Å². The molecule has 2 aromatic carbocycles. The second kappa shape index (κ2) is 8.99. The number of para-hydroxylation sites is 1. The number of hydrogen-bond acceptors (Lipinski definition) is 4. The van der Waals surface area contributed by atoms with Gasteiger partial charge >= 0.3 is 0 Å². The third kappa shape index (κ3) is 4.70. The Morgan fingerprint density at radius 2 is 1.79 bits per heavy atom. The fourth-order valence-electron chi connectivity index (χ4n) is 3.73. The standard InChI is InChI=1S/C23H28N2O4/c1-23(22(27)24-15-17-9-11-18(28-2)12-10-17)13-6-14-25(16-23)21(26)19-7-4-5-8-20(19)29-3/h4-5,7-12H,6,13-16H2,1-3H3,(H,24,27). The maximum absolute atomic E-state index is 13.0. The minimum atomic E-state index is -0.623. The van der Waals surface area contributed by atoms with Crippen molar-refractivity contribution < 1.29 is 19.1 Å². The summed E-state index contributed by atoms with van der Waals surface area (Å²) >= 11 is 0. The molecule has 0 radical (unpaired) electrons. The van der Waals surface area contributed by atoms with E-state index >= 15 is 0 Å². The molecule has 1 heterocycles. The first kappa shape index (κ1) is 20.7. The number of likely N-dealkylation sites (tertiary alicyclic amines) is 1. The minimum absolute atomic E-state index is 0.0363. The second-order valence-corrected chi connectivity index (χ2v) is 7.62. The number of methoxy groups -OCH3 is 2. The number of ether oxygens (including phenoxy) is 2. The van der Waals surface area contributed by atoms with Crippen molar-refractivity contribution in [1.82, 2.24) is 10.2 Å². The van der Waals surface area contributed by atoms with Crippen molar-refractivity contribution in [1.29, 1.82) is 0 Å². The lowest BCUT2D eigenvalue weighted by Gasteiger charge is -2.39. The quantitative estimate of drug-likeness (QED) is 0.814. The molecule has 6 nitrogen and oxygen atoms in total. The number of hydrogen-bond donors (Lipinski definition) is 1. The highest BCUT2D eigenvalue weighted by atomic mass is 16.5. The summed E-state index contributed by atoms with van der Waals surface area (Å²) in [5.41, 5.74) is 0.904. The van der Waals surface area contributed by atoms with E-state index in [1.807, 2.05) is 43.3 Å². The summed E-state index contributed by atoms with van der Waals surface area (Å²) in [4.78, 5) is 27.7. The van der Waals surface area contributed by atoms with E-state index in [2.05, 4.69) is 5.32 Å². The third-order valence-corrected chi connectivity index (χ3v) is 5.48. The van der Waals surface area contributed by atoms with E-state index in [0.717, 1.165) is 24.2 Å². The van der Waals surface area contributed by atoms with Crippen LogP contribution in [0.25, 0.3) is 0 Å². The molecule has 29 heavy (non-hydrogen) atoms. The molecule has 1 aliphatic heterocycles. The Morgan fingerprint density at radius 3 is 2.48 bits per heavy atom. The van der Waals surface area contributed by atoms with Crippen molar-refractivity contribution >= 4 is 11.8 Å². The summed E-state index contributed by atoms with van der Waals surface area (Å²) in [5, 5.41) is 3.03. The molecule has 0 bridgehead atoms. The van der Waals surface area contributed by atoms with Crippen LogP contribution in [0.2, 0.25) is 0 Å². The molecule has 1 N–H and O–H groups in total. The average molecular weight is 396 g/mol. The SMILES string of the molecule is COc1ccc(CNC(=O)C2(C)CCCN(C(=O)c3ccccc3OC)C2)cc1. The van der Waals surface area contributed by atoms with Gasteiger partial charge in [0.25, 0.3) is 5.91 Å². The highest BCUT2D eigenvalue weighted by Crippen LogP contribution is 2.32. The fourth-order valence-corrected chi connectivity index (χ4v) is 3.73. The van der Waals surface area contributed by atoms with Crippen molar-refractivity contribution in [3.8, 4) is 11.5 Å². The molecule has 1 aliphatic rings. The van der Waals surface area contributed by atoms with Gasteiger partial charge in [-0.05, 0) is 49.6 Å². The normalized spacial score (nSPS) is 18.8. The van der Waals surface area contributed by atoms with Crippen LogP contribution in [-0.4, -0.2) is 44.0 Å². The van der Waals surface area contributed by atoms with Crippen LogP contribution < -0.4 is 14.8 Å². The van der Waals surface area contributed by atoms with E-state index in [9.17, 15) is 9.59 Å². The van der Waals surface area contributed by atoms with Gasteiger partial charge in [0, 0.05) is 19.6 Å². The number of piperidine rings is 1. The monoisotopic (exact) mass is 396 g/mol. The Bertz CT molecular complexity index is 865. The molecule has 3 rings (SSSR count). The maximum atomic E-state index is 13.0. The molecule has 1 atom stereocenters. The van der Waals surface area contributed by atoms with Crippen molar-refractivity contribution in [2.45, 2.75) is 26.3 Å². The van der Waals surface area contributed by atoms with Crippen molar-refractivity contribution in [3.05, 3.63) is 59.7 Å². The number of nitrogens with one attached hydrogen (secondary N) is 1. The first-order valence-electron chi connectivity index (χ1n) is 9.80. The van der Waals surface area contributed by atoms with Crippen molar-refractivity contribution in [3.63, 3.8) is 0 Å². The second-order valence-electron chi connectivity index (χ2n) is 7.62. The minimum Gasteiger partial charge on any atom is -0.497 e. The predicted molar refractivity (Wildman–Crippen MR) is 111 cm³/mol. The highest BCUT2D eigenvalue weighted by molar-refractivity contribution is 5.97. The average Bonchev–Trinajstić information content (AvgIpc) is 2.77. The van der Waals surface area contributed by atoms with Crippen LogP contribution in [0.3, 0.4) is 0 Å². The van der Waals surface area contributed by atoms with Gasteiger partial charge in [-0.1, -0.05) is 24.3 Å². The lowest BCUT2D eigenvalue weighted by molar-refractivity contribution is -0.132. The van der Waals surface area contributed by atoms with Crippen LogP contribution in [0.15, 0.2) is 48.5 Å². The van der Waals surface area contributed by atoms with Gasteiger partial charge < -0.3 is 19.7 Å². The molecule has 2 aromatic rings. The molecule has 0 aliphatic carbocycles. The van der Waals surface area contributed by atoms with E-state index in [0.29, 0.717) is 30.9 Å². The van der Waals surface area contributed by atoms with Gasteiger partial charge in [-0.3, -0.25) is 9.59 Å². The molecular weight excluding hydrogens is 368 g/mol. The Labute approximate surface area is 171 Å². The number of rotatable bonds is 6. The van der Waals surface area contributed by atoms with E-state index in [1.165, 1.54) is 0 Å². The number of benzene rings is 2. The molecule has 1 fully saturated rings. The number of carbonyl (C=O) groups excluding carboxylic acids is 2. The molecule has 0 spiro atoms. The predicted octanol–water partition coefficient (Wildman–Crippen LogP) is 3.26. The molecule has 1 saturated heterocycles. The van der Waals surface area contributed by atoms with Gasteiger partial charge in [0.2, 0.25) is 5.91 Å². The summed E-state index contributed by atoms with van der Waals surface area (Å²) in [7, 11) is 3.18. The van der Waals surface area contributed by atoms with Crippen LogP contribution in [0.1, 0.15) is 35.7 Å². The van der Waals surface area contributed by atoms with Gasteiger partial charge in [-0.2, -0.15) is 0 Å². The number of nitrogens with zero attached hydrogens (tertiary/aromatic N) is 1. The van der Waals surface area contributed by atoms with E-state index < -0.39 is 5.41 Å². The zero-order chi connectivity index (χ0) is 20.9. The van der Waals surface area contributed by atoms with Crippen LogP contribution in [0.5, 0.6) is 11.5 Å². The van der Waals surface area contributed by atoms with Gasteiger partial charge in [0.1, 0.15) is 11.5 Å². The highest BCUT2D eigenvalue weighted by Gasteiger charge is 2.39. The van der Waals surface area contributed by atoms with Crippen LogP contribution in [0.4, 0.5) is 0 Å². The van der Waals surface area contributed by atoms with Crippen LogP contribution in [-0.2, 0) is 11.3 Å². The Morgan fingerprint density at radius 1 is 1.07 bits per heavy atom. The molecule has 2 amide bonds. The summed E-state index contributed by atoms with van der Waals surface area (Å²) in [5.74, 6) is 1.20. The molecule has 154 valence electrons. The lowest BCUT2D eigenvalue weighted by Crippen LogP contribution is -2.51. The van der Waals surface area contributed by atoms with Crippen LogP contribution in [0, 0.1) is 5.41 Å². The van der Waals surface area contributed by atoms with Crippen LogP contribution >= 0.6 is 0 Å². The number of amides is 2. The van der Waals surface area contributed by atoms with E-state index in [4.69, 9.17) is 9.47 Å². The fraction of sp³-hybridized carbons (Fsp3) is 0.391. The summed E-state index contributed by atoms with van der Waals surface area (Å²) < 4.78 is 10.5. The smallest absolute Gasteiger partial charge is 0.257 e. The first-order valence-corrected chi connectivity index (χ1v) is 9.80. The summed E-state index contributed by atoms with van der Waals surface area (Å²) in [6.07, 6.45) is 1.53. The van der Waals surface area contributed by atoms with E-state index in [-0.39, 0.29) is 11.8 Å². The molecular formula is C23H28N2O4. The molecule has 6 heteroatoms. The third-order valence-electron chi connectivity index (χ3n) is 5.48. The van der Waals surface area contributed by atoms with Gasteiger partial charge in [-0.25, -0.2) is 0 Å². The van der Waals surface area contributed by atoms with Gasteiger partial charge in [0.05, 0.1) is 25.2 Å². The summed E-state index contributed by atoms with van der Waals surface area (Å²) in [6.45, 7) is 3.40. The summed E-state index contributed by atoms with van der Waals surface area (Å²) in [6, 6.07) is 14.8. The van der Waals surface area contributed by atoms with Crippen molar-refractivity contribution in [2.24, 2.45) is 5.41 Å². The van der Waals surface area contributed by atoms with Gasteiger partial charge in [0.15, 0.2) is 0 Å². The topological polar surface area (TPSA) is 67.9 Å². The number of carbonyl (C=O) groups is 2. The lowest BCUT2D eigenvalue weighted by atomic mass is 9.80.